The van der Waals surface area contributed by atoms with Gasteiger partial charge in [0.1, 0.15) is 4.08 Å². The second-order valence-electron chi connectivity index (χ2n) is 5.43. The molecular formula is C18H16ClNO2S2. The van der Waals surface area contributed by atoms with E-state index in [-0.39, 0.29) is 6.42 Å². The predicted octanol–water partition coefficient (Wildman–Crippen LogP) is 3.55. The molecule has 1 atom stereocenters. The smallest absolute Gasteiger partial charge is 0.195 e. The van der Waals surface area contributed by atoms with Gasteiger partial charge in [0.15, 0.2) is 9.84 Å². The van der Waals surface area contributed by atoms with Crippen molar-refractivity contribution in [1.82, 2.24) is 5.32 Å². The van der Waals surface area contributed by atoms with Gasteiger partial charge in [-0.2, -0.15) is 0 Å². The van der Waals surface area contributed by atoms with Crippen LogP contribution in [-0.2, 0) is 9.84 Å². The average molecular weight is 378 g/mol. The molecule has 1 aliphatic rings. The van der Waals surface area contributed by atoms with E-state index in [1.165, 1.54) is 11.8 Å². The number of hydrogen-bond acceptors (Lipinski definition) is 4. The molecule has 2 aromatic carbocycles. The van der Waals surface area contributed by atoms with Crippen LogP contribution in [0.4, 0.5) is 0 Å². The van der Waals surface area contributed by atoms with E-state index >= 15 is 0 Å². The Labute approximate surface area is 151 Å². The van der Waals surface area contributed by atoms with E-state index < -0.39 is 13.9 Å². The number of benzene rings is 2. The van der Waals surface area contributed by atoms with Gasteiger partial charge < -0.3 is 5.32 Å². The van der Waals surface area contributed by atoms with Gasteiger partial charge in [0.25, 0.3) is 0 Å². The molecule has 0 aromatic heterocycles. The number of hydrogen-bond donors (Lipinski definition) is 1. The van der Waals surface area contributed by atoms with Crippen LogP contribution in [0, 0.1) is 11.8 Å². The maximum absolute atomic E-state index is 13.1. The number of halogens is 1. The summed E-state index contributed by atoms with van der Waals surface area (Å²) >= 11 is 7.27. The minimum absolute atomic E-state index is 0.268. The number of sulfone groups is 1. The van der Waals surface area contributed by atoms with Gasteiger partial charge in [0.2, 0.25) is 0 Å². The molecule has 0 saturated carbocycles. The van der Waals surface area contributed by atoms with E-state index in [0.29, 0.717) is 22.3 Å². The first-order valence-corrected chi connectivity index (χ1v) is 10.3. The normalized spacial score (nSPS) is 20.4. The van der Waals surface area contributed by atoms with Crippen LogP contribution in [0.2, 0.25) is 5.02 Å². The highest BCUT2D eigenvalue weighted by Gasteiger charge is 2.47. The number of thioether (sulfide) groups is 1. The van der Waals surface area contributed by atoms with Gasteiger partial charge in [-0.25, -0.2) is 8.42 Å². The minimum Gasteiger partial charge on any atom is -0.305 e. The Kier molecular flexibility index (Phi) is 5.21. The van der Waals surface area contributed by atoms with Gasteiger partial charge in [-0.05, 0) is 36.4 Å². The summed E-state index contributed by atoms with van der Waals surface area (Å²) in [6.07, 6.45) is 0.268. The van der Waals surface area contributed by atoms with E-state index in [2.05, 4.69) is 17.2 Å². The van der Waals surface area contributed by atoms with Gasteiger partial charge in [0, 0.05) is 29.4 Å². The van der Waals surface area contributed by atoms with Crippen LogP contribution in [0.3, 0.4) is 0 Å². The van der Waals surface area contributed by atoms with E-state index in [1.54, 1.807) is 36.4 Å². The van der Waals surface area contributed by atoms with Crippen LogP contribution < -0.4 is 5.32 Å². The van der Waals surface area contributed by atoms with Crippen LogP contribution >= 0.6 is 23.4 Å². The topological polar surface area (TPSA) is 46.2 Å². The lowest BCUT2D eigenvalue weighted by Gasteiger charge is -2.25. The molecule has 1 fully saturated rings. The zero-order valence-corrected chi connectivity index (χ0v) is 15.2. The molecule has 124 valence electrons. The van der Waals surface area contributed by atoms with Crippen molar-refractivity contribution in [3.8, 4) is 11.8 Å². The fraction of sp³-hybridized carbons (Fsp3) is 0.222. The third-order valence-corrected chi connectivity index (χ3v) is 8.40. The predicted molar refractivity (Wildman–Crippen MR) is 99.8 cm³/mol. The molecule has 6 heteroatoms. The molecule has 2 aromatic rings. The summed E-state index contributed by atoms with van der Waals surface area (Å²) in [4.78, 5) is 0.342. The second kappa shape index (κ2) is 7.20. The van der Waals surface area contributed by atoms with Crippen molar-refractivity contribution in [1.29, 1.82) is 0 Å². The largest absolute Gasteiger partial charge is 0.305 e. The monoisotopic (exact) mass is 377 g/mol. The Morgan fingerprint density at radius 1 is 1.12 bits per heavy atom. The summed E-state index contributed by atoms with van der Waals surface area (Å²) in [6.45, 7) is 0.393. The summed E-state index contributed by atoms with van der Waals surface area (Å²) in [5, 5.41) is 3.80. The average Bonchev–Trinajstić information content (AvgIpc) is 3.08. The molecule has 0 radical (unpaired) electrons. The zero-order valence-electron chi connectivity index (χ0n) is 12.8. The lowest BCUT2D eigenvalue weighted by atomic mass is 10.2. The van der Waals surface area contributed by atoms with Gasteiger partial charge in [-0.15, -0.1) is 11.8 Å². The van der Waals surface area contributed by atoms with Crippen molar-refractivity contribution in [3.63, 3.8) is 0 Å². The van der Waals surface area contributed by atoms with Crippen LogP contribution in [0.5, 0.6) is 0 Å². The van der Waals surface area contributed by atoms with Crippen LogP contribution in [0.25, 0.3) is 0 Å². The van der Waals surface area contributed by atoms with Crippen molar-refractivity contribution in [2.24, 2.45) is 0 Å². The molecule has 0 amide bonds. The van der Waals surface area contributed by atoms with Gasteiger partial charge in [0.05, 0.1) is 4.90 Å². The second-order valence-corrected chi connectivity index (χ2v) is 9.74. The van der Waals surface area contributed by atoms with Crippen molar-refractivity contribution in [3.05, 3.63) is 65.2 Å². The van der Waals surface area contributed by atoms with Crippen molar-refractivity contribution in [2.75, 3.05) is 12.4 Å². The highest BCUT2D eigenvalue weighted by atomic mass is 35.5. The molecule has 24 heavy (non-hydrogen) atoms. The van der Waals surface area contributed by atoms with Crippen molar-refractivity contribution >= 4 is 33.2 Å². The molecule has 1 heterocycles. The molecule has 1 aliphatic heterocycles. The Morgan fingerprint density at radius 2 is 1.83 bits per heavy atom. The molecule has 1 saturated heterocycles. The molecule has 0 bridgehead atoms. The van der Waals surface area contributed by atoms with Crippen LogP contribution in [0.1, 0.15) is 12.0 Å². The Morgan fingerprint density at radius 3 is 2.46 bits per heavy atom. The zero-order chi connectivity index (χ0) is 17.0. The SMILES string of the molecule is O=S(=O)(c1ccccc1)C1(CC#Cc2ccc(Cl)cc2)CNCS1. The third-order valence-electron chi connectivity index (χ3n) is 3.81. The quantitative estimate of drug-likeness (QED) is 0.831. The first-order chi connectivity index (χ1) is 11.5. The number of nitrogens with one attached hydrogen (secondary N) is 1. The Hall–Kier alpha value is -1.45. The Bertz CT molecular complexity index is 863. The van der Waals surface area contributed by atoms with E-state index in [9.17, 15) is 8.42 Å². The minimum atomic E-state index is -3.48. The van der Waals surface area contributed by atoms with Crippen molar-refractivity contribution in [2.45, 2.75) is 15.4 Å². The van der Waals surface area contributed by atoms with Gasteiger partial charge >= 0.3 is 0 Å². The van der Waals surface area contributed by atoms with Gasteiger partial charge in [-0.3, -0.25) is 0 Å². The summed E-state index contributed by atoms with van der Waals surface area (Å²) in [5.41, 5.74) is 0.822. The van der Waals surface area contributed by atoms with Crippen molar-refractivity contribution < 1.29 is 8.42 Å². The van der Waals surface area contributed by atoms with Crippen LogP contribution in [0.15, 0.2) is 59.5 Å². The molecule has 1 N–H and O–H groups in total. The van der Waals surface area contributed by atoms with E-state index in [1.807, 2.05) is 18.2 Å². The number of rotatable bonds is 3. The maximum atomic E-state index is 13.1. The van der Waals surface area contributed by atoms with Gasteiger partial charge in [-0.1, -0.05) is 41.6 Å². The summed E-state index contributed by atoms with van der Waals surface area (Å²) < 4.78 is 25.2. The van der Waals surface area contributed by atoms with E-state index in [0.717, 1.165) is 5.56 Å². The maximum Gasteiger partial charge on any atom is 0.195 e. The third kappa shape index (κ3) is 3.47. The van der Waals surface area contributed by atoms with Crippen LogP contribution in [-0.4, -0.2) is 24.9 Å². The summed E-state index contributed by atoms with van der Waals surface area (Å²) in [6, 6.07) is 15.8. The molecule has 0 spiro atoms. The lowest BCUT2D eigenvalue weighted by molar-refractivity contribution is 0.568. The molecule has 3 rings (SSSR count). The fourth-order valence-electron chi connectivity index (χ4n) is 2.48. The summed E-state index contributed by atoms with van der Waals surface area (Å²) in [5.74, 6) is 6.69. The first kappa shape index (κ1) is 17.4. The Balaban J connectivity index is 1.89. The highest BCUT2D eigenvalue weighted by Crippen LogP contribution is 2.41. The highest BCUT2D eigenvalue weighted by molar-refractivity contribution is 8.15. The standard InChI is InChI=1S/C18H16ClNO2S2/c19-16-10-8-15(9-11-16)5-4-12-18(13-20-14-23-18)24(21,22)17-6-2-1-3-7-17/h1-3,6-11,20H,12-14H2. The molecular weight excluding hydrogens is 362 g/mol. The lowest BCUT2D eigenvalue weighted by Crippen LogP contribution is -2.38. The summed E-state index contributed by atoms with van der Waals surface area (Å²) in [7, 11) is -3.48. The van der Waals surface area contributed by atoms with E-state index in [4.69, 9.17) is 11.6 Å². The molecule has 0 aliphatic carbocycles. The molecule has 3 nitrogen and oxygen atoms in total. The fourth-order valence-corrected chi connectivity index (χ4v) is 6.04. The molecule has 1 unspecified atom stereocenters. The first-order valence-electron chi connectivity index (χ1n) is 7.42.